The number of hydrogen-bond donors (Lipinski definition) is 0. The van der Waals surface area contributed by atoms with Crippen molar-refractivity contribution in [1.29, 1.82) is 0 Å². The summed E-state index contributed by atoms with van der Waals surface area (Å²) < 4.78 is 0. The molecule has 29 heavy (non-hydrogen) atoms. The van der Waals surface area contributed by atoms with Crippen molar-refractivity contribution in [2.75, 3.05) is 0 Å². The molecule has 0 amide bonds. The maximum Gasteiger partial charge on any atom is 0.164 e. The molecule has 1 atom stereocenters. The van der Waals surface area contributed by atoms with Gasteiger partial charge < -0.3 is 0 Å². The second-order valence-electron chi connectivity index (χ2n) is 7.80. The van der Waals surface area contributed by atoms with Gasteiger partial charge in [-0.2, -0.15) is 0 Å². The zero-order chi connectivity index (χ0) is 21.7. The summed E-state index contributed by atoms with van der Waals surface area (Å²) >= 11 is 0. The Morgan fingerprint density at radius 3 is 1.79 bits per heavy atom. The van der Waals surface area contributed by atoms with Crippen molar-refractivity contribution in [3.63, 3.8) is 0 Å². The molecule has 1 nitrogen and oxygen atoms in total. The number of carbonyl (C=O) groups is 1. The summed E-state index contributed by atoms with van der Waals surface area (Å²) in [5, 5.41) is 0. The van der Waals surface area contributed by atoms with E-state index in [1.165, 1.54) is 17.5 Å². The fraction of sp³-hybridized carbons (Fsp3) is 0.536. The molecule has 0 aliphatic heterocycles. The fourth-order valence-corrected chi connectivity index (χ4v) is 3.35. The maximum atomic E-state index is 11.8. The van der Waals surface area contributed by atoms with E-state index < -0.39 is 0 Å². The van der Waals surface area contributed by atoms with Crippen molar-refractivity contribution in [2.24, 2.45) is 11.8 Å². The highest BCUT2D eigenvalue weighted by molar-refractivity contribution is 6.02. The highest BCUT2D eigenvalue weighted by Gasteiger charge is 2.41. The first-order valence-corrected chi connectivity index (χ1v) is 11.0. The van der Waals surface area contributed by atoms with Crippen molar-refractivity contribution in [1.82, 2.24) is 0 Å². The number of fused-ring (bicyclic) bond motifs is 1. The van der Waals surface area contributed by atoms with Crippen molar-refractivity contribution in [3.05, 3.63) is 71.3 Å². The summed E-state index contributed by atoms with van der Waals surface area (Å²) in [6.07, 6.45) is 1.87. The van der Waals surface area contributed by atoms with E-state index in [0.29, 0.717) is 18.1 Å². The van der Waals surface area contributed by atoms with Gasteiger partial charge in [-0.15, -0.1) is 0 Å². The lowest BCUT2D eigenvalue weighted by Gasteiger charge is -2.29. The zero-order valence-electron chi connectivity index (χ0n) is 19.7. The summed E-state index contributed by atoms with van der Waals surface area (Å²) in [4.78, 5) is 11.8. The van der Waals surface area contributed by atoms with Gasteiger partial charge in [0.1, 0.15) is 0 Å². The normalized spacial score (nSPS) is 16.3. The number of Topliss-reactive ketones (excluding diaryl/α,β-unsaturated/α-hetero) is 1. The molecule has 0 fully saturated rings. The van der Waals surface area contributed by atoms with Crippen LogP contribution < -0.4 is 0 Å². The Balaban J connectivity index is 0. The molecule has 1 aliphatic carbocycles. The highest BCUT2D eigenvalue weighted by atomic mass is 16.1. The Morgan fingerprint density at radius 1 is 0.828 bits per heavy atom. The minimum atomic E-state index is 0. The monoisotopic (exact) mass is 398 g/mol. The summed E-state index contributed by atoms with van der Waals surface area (Å²) in [6, 6.07) is 18.6. The number of rotatable bonds is 3. The molecule has 0 heterocycles. The summed E-state index contributed by atoms with van der Waals surface area (Å²) in [7, 11) is 0. The van der Waals surface area contributed by atoms with Crippen molar-refractivity contribution < 1.29 is 4.79 Å². The Bertz CT molecular complexity index is 670. The second-order valence-corrected chi connectivity index (χ2v) is 7.80. The number of carbonyl (C=O) groups excluding carboxylic acids is 1. The first-order valence-electron chi connectivity index (χ1n) is 11.0. The lowest BCUT2D eigenvalue weighted by atomic mass is 9.74. The first kappa shape index (κ1) is 29.3. The molecule has 1 aliphatic rings. The number of ketones is 1. The van der Waals surface area contributed by atoms with E-state index >= 15 is 0 Å². The Labute approximate surface area is 182 Å². The van der Waals surface area contributed by atoms with Crippen LogP contribution >= 0.6 is 0 Å². The molecule has 1 heteroatoms. The van der Waals surface area contributed by atoms with E-state index in [-0.39, 0.29) is 12.8 Å². The molecule has 3 rings (SSSR count). The van der Waals surface area contributed by atoms with Gasteiger partial charge >= 0.3 is 0 Å². The van der Waals surface area contributed by atoms with Crippen LogP contribution in [0.3, 0.4) is 0 Å². The third-order valence-electron chi connectivity index (χ3n) is 5.13. The Morgan fingerprint density at radius 2 is 1.31 bits per heavy atom. The van der Waals surface area contributed by atoms with E-state index in [1.807, 2.05) is 45.9 Å². The van der Waals surface area contributed by atoms with Gasteiger partial charge in [-0.25, -0.2) is 0 Å². The van der Waals surface area contributed by atoms with Gasteiger partial charge in [0.05, 0.1) is 0 Å². The van der Waals surface area contributed by atoms with E-state index in [4.69, 9.17) is 0 Å². The van der Waals surface area contributed by atoms with Crippen molar-refractivity contribution in [3.8, 4) is 0 Å². The van der Waals surface area contributed by atoms with Crippen molar-refractivity contribution in [2.45, 2.75) is 88.0 Å². The lowest BCUT2D eigenvalue weighted by molar-refractivity contribution is 0.0965. The summed E-state index contributed by atoms with van der Waals surface area (Å²) in [5.74, 6) is 1.58. The topological polar surface area (TPSA) is 17.1 Å². The van der Waals surface area contributed by atoms with Crippen molar-refractivity contribution >= 4 is 5.78 Å². The summed E-state index contributed by atoms with van der Waals surface area (Å²) in [5.41, 5.74) is 3.66. The average molecular weight is 399 g/mol. The van der Waals surface area contributed by atoms with E-state index in [1.54, 1.807) is 0 Å². The van der Waals surface area contributed by atoms with E-state index in [9.17, 15) is 4.79 Å². The molecule has 0 saturated heterocycles. The van der Waals surface area contributed by atoms with Gasteiger partial charge in [0.2, 0.25) is 0 Å². The standard InChI is InChI=1S/C13H16O.C10H14.2C2H6.CH4/c1-9(2)13(3)8-12(14)10-6-4-5-7-11(10)13;1-9(2)8-10-6-4-3-5-7-10;2*1-2;/h4-7,9H,8H2,1-3H3;3-7,9H,8H2,1-2H3;2*1-2H3;1H4. The highest BCUT2D eigenvalue weighted by Crippen LogP contribution is 2.43. The molecule has 0 bridgehead atoms. The van der Waals surface area contributed by atoms with Gasteiger partial charge in [-0.3, -0.25) is 4.79 Å². The number of benzene rings is 2. The van der Waals surface area contributed by atoms with Gasteiger partial charge in [0.25, 0.3) is 0 Å². The number of hydrogen-bond acceptors (Lipinski definition) is 1. The Hall–Kier alpha value is -1.89. The third-order valence-corrected chi connectivity index (χ3v) is 5.13. The average Bonchev–Trinajstić information content (AvgIpc) is 2.98. The minimum Gasteiger partial charge on any atom is -0.294 e. The molecule has 2 aromatic rings. The third kappa shape index (κ3) is 8.56. The molecule has 2 aromatic carbocycles. The van der Waals surface area contributed by atoms with Gasteiger partial charge in [0.15, 0.2) is 5.78 Å². The van der Waals surface area contributed by atoms with Crippen LogP contribution in [0.25, 0.3) is 0 Å². The Kier molecular flexibility index (Phi) is 15.2. The predicted molar refractivity (Wildman–Crippen MR) is 132 cm³/mol. The molecule has 0 N–H and O–H groups in total. The smallest absolute Gasteiger partial charge is 0.164 e. The van der Waals surface area contributed by atoms with Crippen LogP contribution in [0.4, 0.5) is 0 Å². The summed E-state index contributed by atoms with van der Waals surface area (Å²) in [6.45, 7) is 19.1. The molecule has 0 radical (unpaired) electrons. The van der Waals surface area contributed by atoms with Crippen LogP contribution in [-0.2, 0) is 11.8 Å². The van der Waals surface area contributed by atoms with Crippen LogP contribution in [0.15, 0.2) is 54.6 Å². The van der Waals surface area contributed by atoms with E-state index in [0.717, 1.165) is 11.5 Å². The van der Waals surface area contributed by atoms with Crippen LogP contribution in [0.5, 0.6) is 0 Å². The van der Waals surface area contributed by atoms with Gasteiger partial charge in [-0.05, 0) is 29.4 Å². The zero-order valence-corrected chi connectivity index (χ0v) is 19.7. The van der Waals surface area contributed by atoms with Crippen LogP contribution in [0.1, 0.15) is 97.6 Å². The van der Waals surface area contributed by atoms with Crippen LogP contribution in [0, 0.1) is 11.8 Å². The molecule has 1 unspecified atom stereocenters. The molecule has 164 valence electrons. The maximum absolute atomic E-state index is 11.8. The quantitative estimate of drug-likeness (QED) is 0.505. The molecule has 0 spiro atoms. The van der Waals surface area contributed by atoms with Crippen LogP contribution in [-0.4, -0.2) is 5.78 Å². The van der Waals surface area contributed by atoms with Crippen LogP contribution in [0.2, 0.25) is 0 Å². The molecular formula is C28H46O. The molecule has 0 aromatic heterocycles. The largest absolute Gasteiger partial charge is 0.294 e. The fourth-order valence-electron chi connectivity index (χ4n) is 3.35. The molecule has 0 saturated carbocycles. The predicted octanol–water partition coefficient (Wildman–Crippen LogP) is 8.76. The van der Waals surface area contributed by atoms with Gasteiger partial charge in [-0.1, -0.05) is 124 Å². The first-order chi connectivity index (χ1) is 13.3. The minimum absolute atomic E-state index is 0. The van der Waals surface area contributed by atoms with E-state index in [2.05, 4.69) is 71.0 Å². The molecular weight excluding hydrogens is 352 g/mol. The second kappa shape index (κ2) is 15.0. The van der Waals surface area contributed by atoms with Gasteiger partial charge in [0, 0.05) is 17.4 Å². The lowest BCUT2D eigenvalue weighted by Crippen LogP contribution is -2.25. The SMILES string of the molecule is C.CC.CC.CC(C)C1(C)CC(=O)c2ccccc21.CC(C)Cc1ccccc1.